The highest BCUT2D eigenvalue weighted by molar-refractivity contribution is 5.91. The number of rotatable bonds is 5. The third-order valence-corrected chi connectivity index (χ3v) is 6.84. The summed E-state index contributed by atoms with van der Waals surface area (Å²) in [5.74, 6) is 1.74. The molecule has 2 aromatic rings. The number of hydrogen-bond donors (Lipinski definition) is 1. The van der Waals surface area contributed by atoms with Gasteiger partial charge in [-0.25, -0.2) is 0 Å². The van der Waals surface area contributed by atoms with Gasteiger partial charge < -0.3 is 14.6 Å². The fourth-order valence-electron chi connectivity index (χ4n) is 5.17. The monoisotopic (exact) mass is 395 g/mol. The quantitative estimate of drug-likeness (QED) is 0.838. The standard InChI is InChI=1S/C24H33N3O2/c1-3-26-16-20(19-7-5-4-6-8-19)15-24(18-26)11-13-27(14-12-24)17-21-9-10-22(29-21)23(28)25-2/h4-10,20H,3,11-18H2,1-2H3,(H,25,28). The van der Waals surface area contributed by atoms with Gasteiger partial charge in [0.05, 0.1) is 6.54 Å². The van der Waals surface area contributed by atoms with Crippen LogP contribution in [0.5, 0.6) is 0 Å². The number of carbonyl (C=O) groups excluding carboxylic acids is 1. The molecule has 2 aliphatic rings. The number of nitrogens with zero attached hydrogens (tertiary/aromatic N) is 2. The maximum Gasteiger partial charge on any atom is 0.286 e. The topological polar surface area (TPSA) is 48.7 Å². The number of benzene rings is 1. The second-order valence-corrected chi connectivity index (χ2v) is 8.76. The third-order valence-electron chi connectivity index (χ3n) is 6.84. The number of carbonyl (C=O) groups is 1. The maximum absolute atomic E-state index is 11.7. The zero-order valence-corrected chi connectivity index (χ0v) is 17.7. The van der Waals surface area contributed by atoms with Crippen molar-refractivity contribution >= 4 is 5.91 Å². The van der Waals surface area contributed by atoms with Crippen LogP contribution in [0, 0.1) is 5.41 Å². The Balaban J connectivity index is 1.39. The van der Waals surface area contributed by atoms with Crippen LogP contribution in [-0.2, 0) is 6.54 Å². The summed E-state index contributed by atoms with van der Waals surface area (Å²) in [4.78, 5) is 16.8. The van der Waals surface area contributed by atoms with Gasteiger partial charge in [-0.05, 0) is 67.9 Å². The lowest BCUT2D eigenvalue weighted by atomic mass is 9.68. The third kappa shape index (κ3) is 4.57. The molecule has 1 aromatic heterocycles. The molecule has 0 bridgehead atoms. The number of likely N-dealkylation sites (tertiary alicyclic amines) is 2. The molecule has 2 aliphatic heterocycles. The van der Waals surface area contributed by atoms with Crippen molar-refractivity contribution in [3.63, 3.8) is 0 Å². The van der Waals surface area contributed by atoms with E-state index in [0.29, 0.717) is 17.1 Å². The fourth-order valence-corrected chi connectivity index (χ4v) is 5.17. The SMILES string of the molecule is CCN1CC(c2ccccc2)CC2(CCN(Cc3ccc(C(=O)NC)o3)CC2)C1. The first-order valence-electron chi connectivity index (χ1n) is 10.9. The van der Waals surface area contributed by atoms with Crippen molar-refractivity contribution in [2.45, 2.75) is 38.6 Å². The van der Waals surface area contributed by atoms with Crippen molar-refractivity contribution in [1.82, 2.24) is 15.1 Å². The number of hydrogen-bond acceptors (Lipinski definition) is 4. The van der Waals surface area contributed by atoms with E-state index < -0.39 is 0 Å². The molecule has 0 saturated carbocycles. The Morgan fingerprint density at radius 3 is 2.59 bits per heavy atom. The molecule has 2 saturated heterocycles. The van der Waals surface area contributed by atoms with Crippen LogP contribution < -0.4 is 5.32 Å². The number of amides is 1. The van der Waals surface area contributed by atoms with Crippen LogP contribution in [-0.4, -0.2) is 55.5 Å². The van der Waals surface area contributed by atoms with E-state index in [2.05, 4.69) is 52.4 Å². The Morgan fingerprint density at radius 1 is 1.14 bits per heavy atom. The van der Waals surface area contributed by atoms with Crippen LogP contribution in [0.2, 0.25) is 0 Å². The molecule has 1 aromatic carbocycles. The molecule has 156 valence electrons. The van der Waals surface area contributed by atoms with Crippen LogP contribution in [0.25, 0.3) is 0 Å². The van der Waals surface area contributed by atoms with Crippen LogP contribution in [0.15, 0.2) is 46.9 Å². The number of piperidine rings is 2. The molecule has 3 heterocycles. The number of likely N-dealkylation sites (N-methyl/N-ethyl adjacent to an activating group) is 1. The Hall–Kier alpha value is -2.11. The smallest absolute Gasteiger partial charge is 0.286 e. The van der Waals surface area contributed by atoms with Crippen LogP contribution in [0.1, 0.15) is 54.0 Å². The lowest BCUT2D eigenvalue weighted by Crippen LogP contribution is -2.51. The van der Waals surface area contributed by atoms with Gasteiger partial charge in [-0.2, -0.15) is 0 Å². The average Bonchev–Trinajstić information content (AvgIpc) is 3.24. The lowest BCUT2D eigenvalue weighted by molar-refractivity contribution is 0.0121. The molecule has 5 heteroatoms. The molecule has 29 heavy (non-hydrogen) atoms. The molecular formula is C24H33N3O2. The van der Waals surface area contributed by atoms with Crippen molar-refractivity contribution in [1.29, 1.82) is 0 Å². The molecule has 1 atom stereocenters. The van der Waals surface area contributed by atoms with E-state index in [1.54, 1.807) is 13.1 Å². The first-order chi connectivity index (χ1) is 14.1. The lowest BCUT2D eigenvalue weighted by Gasteiger charge is -2.50. The Kier molecular flexibility index (Phi) is 6.07. The molecule has 1 unspecified atom stereocenters. The minimum absolute atomic E-state index is 0.164. The normalized spacial score (nSPS) is 22.6. The fraction of sp³-hybridized carbons (Fsp3) is 0.542. The number of furan rings is 1. The molecule has 0 radical (unpaired) electrons. The van der Waals surface area contributed by atoms with Crippen molar-refractivity contribution in [3.05, 3.63) is 59.5 Å². The minimum Gasteiger partial charge on any atom is -0.455 e. The zero-order valence-electron chi connectivity index (χ0n) is 17.7. The summed E-state index contributed by atoms with van der Waals surface area (Å²) >= 11 is 0. The van der Waals surface area contributed by atoms with E-state index in [-0.39, 0.29) is 5.91 Å². The summed E-state index contributed by atoms with van der Waals surface area (Å²) in [6.45, 7) is 8.79. The molecule has 4 rings (SSSR count). The summed E-state index contributed by atoms with van der Waals surface area (Å²) in [5.41, 5.74) is 1.91. The van der Waals surface area contributed by atoms with Gasteiger partial charge in [0, 0.05) is 20.1 Å². The second kappa shape index (κ2) is 8.72. The molecule has 1 spiro atoms. The molecule has 0 aliphatic carbocycles. The van der Waals surface area contributed by atoms with Crippen molar-refractivity contribution < 1.29 is 9.21 Å². The highest BCUT2D eigenvalue weighted by Crippen LogP contribution is 2.45. The summed E-state index contributed by atoms with van der Waals surface area (Å²) in [5, 5.41) is 2.61. The first kappa shape index (κ1) is 20.2. The van der Waals surface area contributed by atoms with Gasteiger partial charge in [-0.3, -0.25) is 9.69 Å². The van der Waals surface area contributed by atoms with Gasteiger partial charge >= 0.3 is 0 Å². The molecule has 5 nitrogen and oxygen atoms in total. The van der Waals surface area contributed by atoms with Crippen molar-refractivity contribution in [2.75, 3.05) is 39.8 Å². The van der Waals surface area contributed by atoms with E-state index in [9.17, 15) is 4.79 Å². The Bertz CT molecular complexity index is 809. The van der Waals surface area contributed by atoms with Gasteiger partial charge in [0.2, 0.25) is 0 Å². The Labute approximate surface area is 174 Å². The largest absolute Gasteiger partial charge is 0.455 e. The van der Waals surface area contributed by atoms with Crippen LogP contribution in [0.4, 0.5) is 0 Å². The van der Waals surface area contributed by atoms with Crippen LogP contribution >= 0.6 is 0 Å². The maximum atomic E-state index is 11.7. The summed E-state index contributed by atoms with van der Waals surface area (Å²) < 4.78 is 5.72. The predicted octanol–water partition coefficient (Wildman–Crippen LogP) is 3.73. The predicted molar refractivity (Wildman–Crippen MR) is 115 cm³/mol. The Morgan fingerprint density at radius 2 is 1.90 bits per heavy atom. The van der Waals surface area contributed by atoms with E-state index in [1.807, 2.05) is 6.07 Å². The van der Waals surface area contributed by atoms with E-state index >= 15 is 0 Å². The minimum atomic E-state index is -0.164. The van der Waals surface area contributed by atoms with E-state index in [0.717, 1.165) is 31.9 Å². The summed E-state index contributed by atoms with van der Waals surface area (Å²) in [6.07, 6.45) is 3.76. The second-order valence-electron chi connectivity index (χ2n) is 8.76. The first-order valence-corrected chi connectivity index (χ1v) is 10.9. The highest BCUT2D eigenvalue weighted by Gasteiger charge is 2.41. The summed E-state index contributed by atoms with van der Waals surface area (Å²) in [7, 11) is 1.63. The van der Waals surface area contributed by atoms with E-state index in [1.165, 1.54) is 37.9 Å². The van der Waals surface area contributed by atoms with Gasteiger partial charge in [0.1, 0.15) is 5.76 Å². The van der Waals surface area contributed by atoms with Crippen molar-refractivity contribution in [3.8, 4) is 0 Å². The zero-order chi connectivity index (χ0) is 20.3. The summed E-state index contributed by atoms with van der Waals surface area (Å²) in [6, 6.07) is 14.8. The number of nitrogens with one attached hydrogen (secondary N) is 1. The molecule has 2 fully saturated rings. The van der Waals surface area contributed by atoms with E-state index in [4.69, 9.17) is 4.42 Å². The molecular weight excluding hydrogens is 362 g/mol. The highest BCUT2D eigenvalue weighted by atomic mass is 16.4. The van der Waals surface area contributed by atoms with Crippen molar-refractivity contribution in [2.24, 2.45) is 5.41 Å². The van der Waals surface area contributed by atoms with Gasteiger partial charge in [-0.15, -0.1) is 0 Å². The van der Waals surface area contributed by atoms with Gasteiger partial charge in [-0.1, -0.05) is 37.3 Å². The van der Waals surface area contributed by atoms with Gasteiger partial charge in [0.25, 0.3) is 5.91 Å². The average molecular weight is 396 g/mol. The van der Waals surface area contributed by atoms with Crippen LogP contribution in [0.3, 0.4) is 0 Å². The molecule has 1 N–H and O–H groups in total. The van der Waals surface area contributed by atoms with Gasteiger partial charge in [0.15, 0.2) is 5.76 Å². The molecule has 1 amide bonds.